The first kappa shape index (κ1) is 20.5. The molecule has 0 saturated heterocycles. The predicted molar refractivity (Wildman–Crippen MR) is 127 cm³/mol. The van der Waals surface area contributed by atoms with Crippen molar-refractivity contribution in [3.8, 4) is 10.4 Å². The second-order valence-corrected chi connectivity index (χ2v) is 10.2. The van der Waals surface area contributed by atoms with Crippen LogP contribution in [0.3, 0.4) is 0 Å². The largest absolute Gasteiger partial charge is 0.310 e. The lowest BCUT2D eigenvalue weighted by molar-refractivity contribution is -0.113. The smallest absolute Gasteiger partial charge is 0.263 e. The molecule has 0 bridgehead atoms. The lowest BCUT2D eigenvalue weighted by Crippen LogP contribution is -2.22. The molecule has 31 heavy (non-hydrogen) atoms. The van der Waals surface area contributed by atoms with Crippen molar-refractivity contribution in [1.82, 2.24) is 19.3 Å². The van der Waals surface area contributed by atoms with Gasteiger partial charge in [-0.05, 0) is 24.3 Å². The van der Waals surface area contributed by atoms with Gasteiger partial charge in [-0.3, -0.25) is 14.2 Å². The molecule has 0 spiro atoms. The highest BCUT2D eigenvalue weighted by Gasteiger charge is 2.21. The van der Waals surface area contributed by atoms with Gasteiger partial charge in [0.1, 0.15) is 10.6 Å². The molecule has 7 nitrogen and oxygen atoms in total. The molecular weight excluding hydrogens is 450 g/mol. The summed E-state index contributed by atoms with van der Waals surface area (Å²) in [6.45, 7) is 0. The number of aromatic nitrogens is 4. The molecule has 1 aliphatic rings. The van der Waals surface area contributed by atoms with Gasteiger partial charge in [-0.25, -0.2) is 9.67 Å². The van der Waals surface area contributed by atoms with Gasteiger partial charge in [-0.2, -0.15) is 5.10 Å². The quantitative estimate of drug-likeness (QED) is 0.324. The number of hydrogen-bond donors (Lipinski definition) is 1. The molecule has 0 aromatic carbocycles. The highest BCUT2D eigenvalue weighted by Crippen LogP contribution is 2.34. The van der Waals surface area contributed by atoms with Crippen molar-refractivity contribution in [2.75, 3.05) is 11.1 Å². The summed E-state index contributed by atoms with van der Waals surface area (Å²) in [5.41, 5.74) is 0.842. The van der Waals surface area contributed by atoms with Crippen LogP contribution in [0.15, 0.2) is 45.1 Å². The van der Waals surface area contributed by atoms with E-state index in [9.17, 15) is 9.59 Å². The van der Waals surface area contributed by atoms with E-state index in [0.717, 1.165) is 29.1 Å². The van der Waals surface area contributed by atoms with Crippen LogP contribution in [0.5, 0.6) is 0 Å². The van der Waals surface area contributed by atoms with Crippen LogP contribution < -0.4 is 10.9 Å². The zero-order valence-electron chi connectivity index (χ0n) is 16.9. The Labute approximate surface area is 191 Å². The average molecular weight is 472 g/mol. The molecule has 0 aliphatic heterocycles. The molecule has 1 amide bonds. The zero-order valence-corrected chi connectivity index (χ0v) is 19.4. The van der Waals surface area contributed by atoms with Crippen LogP contribution in [0.1, 0.15) is 31.7 Å². The minimum absolute atomic E-state index is 0.0862. The van der Waals surface area contributed by atoms with Gasteiger partial charge < -0.3 is 5.32 Å². The summed E-state index contributed by atoms with van der Waals surface area (Å²) in [5, 5.41) is 12.5. The molecule has 0 unspecified atom stereocenters. The third-order valence-electron chi connectivity index (χ3n) is 5.50. The van der Waals surface area contributed by atoms with Crippen molar-refractivity contribution in [2.24, 2.45) is 7.05 Å². The number of carbonyl (C=O) groups excluding carboxylic acids is 1. The molecule has 0 radical (unpaired) electrons. The summed E-state index contributed by atoms with van der Waals surface area (Å²) >= 11 is 4.34. The maximum atomic E-state index is 13.0. The molecule has 1 saturated carbocycles. The first-order valence-corrected chi connectivity index (χ1v) is 12.8. The minimum atomic E-state index is -0.135. The minimum Gasteiger partial charge on any atom is -0.310 e. The highest BCUT2D eigenvalue weighted by atomic mass is 32.2. The van der Waals surface area contributed by atoms with Crippen molar-refractivity contribution in [3.63, 3.8) is 0 Å². The highest BCUT2D eigenvalue weighted by molar-refractivity contribution is 7.99. The molecule has 4 aromatic rings. The molecule has 4 heterocycles. The fraction of sp³-hybridized carbons (Fsp3) is 0.333. The van der Waals surface area contributed by atoms with Crippen molar-refractivity contribution >= 4 is 56.4 Å². The lowest BCUT2D eigenvalue weighted by atomic mass is 10.2. The van der Waals surface area contributed by atoms with Crippen LogP contribution in [0.25, 0.3) is 20.7 Å². The van der Waals surface area contributed by atoms with Crippen molar-refractivity contribution < 1.29 is 4.79 Å². The Kier molecular flexibility index (Phi) is 5.68. The molecule has 4 aromatic heterocycles. The fourth-order valence-electron chi connectivity index (χ4n) is 3.96. The van der Waals surface area contributed by atoms with Crippen LogP contribution in [0, 0.1) is 0 Å². The van der Waals surface area contributed by atoms with E-state index in [1.54, 1.807) is 24.6 Å². The average Bonchev–Trinajstić information content (AvgIpc) is 3.55. The van der Waals surface area contributed by atoms with Crippen LogP contribution >= 0.6 is 34.4 Å². The van der Waals surface area contributed by atoms with Crippen LogP contribution in [0.4, 0.5) is 5.82 Å². The molecule has 5 rings (SSSR count). The SMILES string of the molecule is Cn1c(SCC(=O)Nc2ccnn2C2CCCC2)nc2scc(-c3cccs3)c2c1=O. The first-order valence-electron chi connectivity index (χ1n) is 10.1. The Hall–Kier alpha value is -2.43. The monoisotopic (exact) mass is 471 g/mol. The molecule has 10 heteroatoms. The van der Waals surface area contributed by atoms with Gasteiger partial charge in [0.2, 0.25) is 5.91 Å². The van der Waals surface area contributed by atoms with Gasteiger partial charge in [0.15, 0.2) is 5.16 Å². The van der Waals surface area contributed by atoms with Gasteiger partial charge in [0.05, 0.1) is 23.4 Å². The standard InChI is InChI=1S/C21H21N5O2S3/c1-25-20(28)18-14(15-7-4-10-29-15)11-30-19(18)24-21(25)31-12-17(27)23-16-8-9-22-26(16)13-5-2-3-6-13/h4,7-11,13H,2-3,5-6,12H2,1H3,(H,23,27). The number of rotatable bonds is 6. The molecule has 1 fully saturated rings. The Morgan fingerprint density at radius 3 is 2.90 bits per heavy atom. The number of anilines is 1. The van der Waals surface area contributed by atoms with E-state index in [1.165, 1.54) is 40.5 Å². The summed E-state index contributed by atoms with van der Waals surface area (Å²) in [6, 6.07) is 6.18. The van der Waals surface area contributed by atoms with Gasteiger partial charge in [0, 0.05) is 28.9 Å². The first-order chi connectivity index (χ1) is 15.1. The van der Waals surface area contributed by atoms with Crippen LogP contribution in [-0.4, -0.2) is 31.0 Å². The van der Waals surface area contributed by atoms with E-state index in [4.69, 9.17) is 0 Å². The Morgan fingerprint density at radius 1 is 1.29 bits per heavy atom. The Morgan fingerprint density at radius 2 is 2.13 bits per heavy atom. The van der Waals surface area contributed by atoms with E-state index in [0.29, 0.717) is 21.4 Å². The summed E-state index contributed by atoms with van der Waals surface area (Å²) in [7, 11) is 1.71. The van der Waals surface area contributed by atoms with Crippen molar-refractivity contribution in [3.05, 3.63) is 45.5 Å². The van der Waals surface area contributed by atoms with E-state index in [-0.39, 0.29) is 17.2 Å². The predicted octanol–water partition coefficient (Wildman–Crippen LogP) is 4.77. The number of thiophene rings is 2. The van der Waals surface area contributed by atoms with Crippen molar-refractivity contribution in [1.29, 1.82) is 0 Å². The van der Waals surface area contributed by atoms with E-state index in [1.807, 2.05) is 33.6 Å². The number of thioether (sulfide) groups is 1. The third kappa shape index (κ3) is 3.95. The summed E-state index contributed by atoms with van der Waals surface area (Å²) in [5.74, 6) is 0.767. The van der Waals surface area contributed by atoms with E-state index >= 15 is 0 Å². The summed E-state index contributed by atoms with van der Waals surface area (Å²) in [4.78, 5) is 32.0. The molecule has 1 N–H and O–H groups in total. The third-order valence-corrected chi connectivity index (χ3v) is 8.31. The summed E-state index contributed by atoms with van der Waals surface area (Å²) < 4.78 is 3.46. The van der Waals surface area contributed by atoms with E-state index < -0.39 is 0 Å². The lowest BCUT2D eigenvalue weighted by Gasteiger charge is -2.14. The van der Waals surface area contributed by atoms with Crippen molar-refractivity contribution in [2.45, 2.75) is 36.9 Å². The maximum absolute atomic E-state index is 13.0. The fourth-order valence-corrected chi connectivity index (χ4v) is 6.53. The van der Waals surface area contributed by atoms with Crippen LogP contribution in [-0.2, 0) is 11.8 Å². The topological polar surface area (TPSA) is 81.8 Å². The Balaban J connectivity index is 1.32. The normalized spacial score (nSPS) is 14.5. The number of amides is 1. The van der Waals surface area contributed by atoms with Crippen LogP contribution in [0.2, 0.25) is 0 Å². The molecule has 0 atom stereocenters. The molecule has 160 valence electrons. The second kappa shape index (κ2) is 8.60. The van der Waals surface area contributed by atoms with Gasteiger partial charge >= 0.3 is 0 Å². The molecular formula is C21H21N5O2S3. The Bertz CT molecular complexity index is 1280. The van der Waals surface area contributed by atoms with Gasteiger partial charge in [-0.15, -0.1) is 22.7 Å². The number of nitrogens with zero attached hydrogens (tertiary/aromatic N) is 4. The van der Waals surface area contributed by atoms with Gasteiger partial charge in [0.25, 0.3) is 5.56 Å². The number of nitrogens with one attached hydrogen (secondary N) is 1. The summed E-state index contributed by atoms with van der Waals surface area (Å²) in [6.07, 6.45) is 6.32. The number of fused-ring (bicyclic) bond motifs is 1. The van der Waals surface area contributed by atoms with Gasteiger partial charge in [-0.1, -0.05) is 30.7 Å². The second-order valence-electron chi connectivity index (χ2n) is 7.50. The zero-order chi connectivity index (χ0) is 21.4. The number of hydrogen-bond acceptors (Lipinski definition) is 7. The maximum Gasteiger partial charge on any atom is 0.263 e. The number of carbonyl (C=O) groups is 1. The van der Waals surface area contributed by atoms with E-state index in [2.05, 4.69) is 15.4 Å². The molecule has 1 aliphatic carbocycles.